The molecular formula is C15H27NO3S2. The Morgan fingerprint density at radius 3 is 2.24 bits per heavy atom. The summed E-state index contributed by atoms with van der Waals surface area (Å²) in [6.07, 6.45) is 1.61. The van der Waals surface area contributed by atoms with Gasteiger partial charge in [-0.3, -0.25) is 0 Å². The molecule has 0 fully saturated rings. The van der Waals surface area contributed by atoms with Gasteiger partial charge < -0.3 is 5.11 Å². The molecule has 1 heterocycles. The molecule has 0 unspecified atom stereocenters. The minimum absolute atomic E-state index is 0.0225. The lowest BCUT2D eigenvalue weighted by Crippen LogP contribution is -2.42. The van der Waals surface area contributed by atoms with Crippen LogP contribution in [0, 0.1) is 12.8 Å². The molecule has 0 saturated carbocycles. The fourth-order valence-corrected chi connectivity index (χ4v) is 5.89. The van der Waals surface area contributed by atoms with Gasteiger partial charge in [0.2, 0.25) is 10.0 Å². The fraction of sp³-hybridized carbons (Fsp3) is 0.733. The molecule has 0 saturated heterocycles. The van der Waals surface area contributed by atoms with Gasteiger partial charge in [0.25, 0.3) is 0 Å². The third-order valence-electron chi connectivity index (χ3n) is 3.56. The maximum Gasteiger partial charge on any atom is 0.244 e. The van der Waals surface area contributed by atoms with Crippen molar-refractivity contribution in [1.82, 2.24) is 4.31 Å². The highest BCUT2D eigenvalue weighted by Gasteiger charge is 2.32. The number of sulfonamides is 1. The second kappa shape index (κ2) is 7.72. The fourth-order valence-electron chi connectivity index (χ4n) is 2.48. The second-order valence-electron chi connectivity index (χ2n) is 5.73. The van der Waals surface area contributed by atoms with Gasteiger partial charge in [-0.1, -0.05) is 27.7 Å². The van der Waals surface area contributed by atoms with E-state index >= 15 is 0 Å². The van der Waals surface area contributed by atoms with Gasteiger partial charge in [0.1, 0.15) is 0 Å². The number of hydrogen-bond acceptors (Lipinski definition) is 4. The van der Waals surface area contributed by atoms with Crippen LogP contribution >= 0.6 is 11.3 Å². The van der Waals surface area contributed by atoms with Gasteiger partial charge >= 0.3 is 0 Å². The van der Waals surface area contributed by atoms with Crippen molar-refractivity contribution in [3.8, 4) is 0 Å². The third kappa shape index (κ3) is 4.28. The number of thiophene rings is 1. The first kappa shape index (κ1) is 18.6. The molecule has 122 valence electrons. The molecule has 4 nitrogen and oxygen atoms in total. The molecule has 0 aromatic carbocycles. The summed E-state index contributed by atoms with van der Waals surface area (Å²) >= 11 is 1.35. The molecule has 0 amide bonds. The van der Waals surface area contributed by atoms with Crippen LogP contribution in [0.5, 0.6) is 0 Å². The van der Waals surface area contributed by atoms with Crippen molar-refractivity contribution in [3.63, 3.8) is 0 Å². The molecule has 0 bridgehead atoms. The van der Waals surface area contributed by atoms with Crippen molar-refractivity contribution in [2.24, 2.45) is 5.92 Å². The van der Waals surface area contributed by atoms with Gasteiger partial charge in [-0.2, -0.15) is 4.31 Å². The highest BCUT2D eigenvalue weighted by molar-refractivity contribution is 7.89. The Morgan fingerprint density at radius 1 is 1.29 bits per heavy atom. The lowest BCUT2D eigenvalue weighted by Gasteiger charge is -2.31. The minimum Gasteiger partial charge on any atom is -0.391 e. The standard InChI is InChI=1S/C15H27NO3S2/c1-6-13(7-2)16(9-11(3)4)21(18,19)15-8-14(10-17)20-12(15)5/h8,11,13,17H,6-7,9-10H2,1-5H3. The van der Waals surface area contributed by atoms with Gasteiger partial charge in [0.15, 0.2) is 0 Å². The van der Waals surface area contributed by atoms with Crippen LogP contribution in [0.25, 0.3) is 0 Å². The van der Waals surface area contributed by atoms with Crippen LogP contribution in [-0.2, 0) is 16.6 Å². The van der Waals surface area contributed by atoms with Gasteiger partial charge in [0.05, 0.1) is 11.5 Å². The van der Waals surface area contributed by atoms with Crippen molar-refractivity contribution in [2.45, 2.75) is 65.0 Å². The van der Waals surface area contributed by atoms with Crippen LogP contribution in [0.15, 0.2) is 11.0 Å². The van der Waals surface area contributed by atoms with Crippen molar-refractivity contribution >= 4 is 21.4 Å². The number of aryl methyl sites for hydroxylation is 1. The highest BCUT2D eigenvalue weighted by Crippen LogP contribution is 2.30. The van der Waals surface area contributed by atoms with Gasteiger partial charge in [0, 0.05) is 22.3 Å². The molecule has 21 heavy (non-hydrogen) atoms. The molecule has 0 aliphatic carbocycles. The topological polar surface area (TPSA) is 57.6 Å². The number of aliphatic hydroxyl groups is 1. The summed E-state index contributed by atoms with van der Waals surface area (Å²) in [5.41, 5.74) is 0. The zero-order valence-corrected chi connectivity index (χ0v) is 15.2. The van der Waals surface area contributed by atoms with E-state index in [0.717, 1.165) is 17.7 Å². The number of aliphatic hydroxyl groups excluding tert-OH is 1. The van der Waals surface area contributed by atoms with E-state index in [2.05, 4.69) is 0 Å². The van der Waals surface area contributed by atoms with Gasteiger partial charge in [-0.25, -0.2) is 8.42 Å². The number of hydrogen-bond donors (Lipinski definition) is 1. The van der Waals surface area contributed by atoms with Crippen LogP contribution in [-0.4, -0.2) is 30.4 Å². The molecule has 0 spiro atoms. The van der Waals surface area contributed by atoms with E-state index in [-0.39, 0.29) is 18.6 Å². The van der Waals surface area contributed by atoms with E-state index in [1.807, 2.05) is 27.7 Å². The molecule has 1 rings (SSSR count). The number of rotatable bonds is 8. The summed E-state index contributed by atoms with van der Waals surface area (Å²) in [5.74, 6) is 0.275. The SMILES string of the molecule is CCC(CC)N(CC(C)C)S(=O)(=O)c1cc(CO)sc1C. The first-order valence-corrected chi connectivity index (χ1v) is 9.75. The Morgan fingerprint density at radius 2 is 1.86 bits per heavy atom. The predicted molar refractivity (Wildman–Crippen MR) is 88.1 cm³/mol. The molecule has 6 heteroatoms. The lowest BCUT2D eigenvalue weighted by molar-refractivity contribution is 0.276. The van der Waals surface area contributed by atoms with Gasteiger partial charge in [-0.15, -0.1) is 11.3 Å². The van der Waals surface area contributed by atoms with Crippen LogP contribution in [0.3, 0.4) is 0 Å². The maximum absolute atomic E-state index is 13.0. The average Bonchev–Trinajstić information content (AvgIpc) is 2.80. The maximum atomic E-state index is 13.0. The van der Waals surface area contributed by atoms with Crippen molar-refractivity contribution in [1.29, 1.82) is 0 Å². The van der Waals surface area contributed by atoms with Crippen LogP contribution < -0.4 is 0 Å². The van der Waals surface area contributed by atoms with E-state index < -0.39 is 10.0 Å². The highest BCUT2D eigenvalue weighted by atomic mass is 32.2. The zero-order valence-electron chi connectivity index (χ0n) is 13.6. The Kier molecular flexibility index (Phi) is 6.84. The van der Waals surface area contributed by atoms with Crippen molar-refractivity contribution in [3.05, 3.63) is 15.8 Å². The monoisotopic (exact) mass is 333 g/mol. The second-order valence-corrected chi connectivity index (χ2v) is 8.93. The van der Waals surface area contributed by atoms with Crippen LogP contribution in [0.4, 0.5) is 0 Å². The number of nitrogens with zero attached hydrogens (tertiary/aromatic N) is 1. The molecule has 1 aromatic rings. The van der Waals surface area contributed by atoms with E-state index in [9.17, 15) is 13.5 Å². The molecule has 0 radical (unpaired) electrons. The summed E-state index contributed by atoms with van der Waals surface area (Å²) in [6, 6.07) is 1.64. The van der Waals surface area contributed by atoms with Crippen molar-refractivity contribution in [2.75, 3.05) is 6.54 Å². The Hall–Kier alpha value is -0.430. The van der Waals surface area contributed by atoms with Crippen LogP contribution in [0.2, 0.25) is 0 Å². The summed E-state index contributed by atoms with van der Waals surface area (Å²) < 4.78 is 27.7. The Balaban J connectivity index is 3.28. The smallest absolute Gasteiger partial charge is 0.244 e. The average molecular weight is 334 g/mol. The van der Waals surface area contributed by atoms with Crippen molar-refractivity contribution < 1.29 is 13.5 Å². The predicted octanol–water partition coefficient (Wildman–Crippen LogP) is 3.38. The van der Waals surface area contributed by atoms with E-state index in [1.54, 1.807) is 17.3 Å². The zero-order chi connectivity index (χ0) is 16.2. The summed E-state index contributed by atoms with van der Waals surface area (Å²) in [4.78, 5) is 1.79. The quantitative estimate of drug-likeness (QED) is 0.793. The van der Waals surface area contributed by atoms with E-state index in [0.29, 0.717) is 16.3 Å². The molecule has 0 aliphatic rings. The molecular weight excluding hydrogens is 306 g/mol. The lowest BCUT2D eigenvalue weighted by atomic mass is 10.1. The summed E-state index contributed by atoms with van der Waals surface area (Å²) in [6.45, 7) is 10.3. The van der Waals surface area contributed by atoms with E-state index in [1.165, 1.54) is 11.3 Å². The summed E-state index contributed by atoms with van der Waals surface area (Å²) in [7, 11) is -3.51. The first-order chi connectivity index (χ1) is 9.77. The molecule has 0 atom stereocenters. The normalized spacial score (nSPS) is 12.8. The third-order valence-corrected chi connectivity index (χ3v) is 6.77. The molecule has 1 N–H and O–H groups in total. The largest absolute Gasteiger partial charge is 0.391 e. The summed E-state index contributed by atoms with van der Waals surface area (Å²) in [5, 5.41) is 9.23. The van der Waals surface area contributed by atoms with E-state index in [4.69, 9.17) is 0 Å². The van der Waals surface area contributed by atoms with Crippen LogP contribution in [0.1, 0.15) is 50.3 Å². The minimum atomic E-state index is -3.51. The Labute approximate surface area is 132 Å². The van der Waals surface area contributed by atoms with Gasteiger partial charge in [-0.05, 0) is 31.7 Å². The Bertz CT molecular complexity index is 545. The molecule has 0 aliphatic heterocycles. The first-order valence-electron chi connectivity index (χ1n) is 7.49. The molecule has 1 aromatic heterocycles.